The number of carboxylic acids is 2. The Morgan fingerprint density at radius 2 is 1.76 bits per heavy atom. The van der Waals surface area contributed by atoms with Gasteiger partial charge in [-0.15, -0.1) is 5.92 Å². The molecule has 16 nitrogen and oxygen atoms in total. The Kier molecular flexibility index (Phi) is 9.97. The summed E-state index contributed by atoms with van der Waals surface area (Å²) in [6.45, 7) is 5.31. The van der Waals surface area contributed by atoms with Crippen LogP contribution in [0.4, 0.5) is 5.95 Å². The number of benzene rings is 1. The van der Waals surface area contributed by atoms with Crippen LogP contribution < -0.4 is 32.1 Å². The summed E-state index contributed by atoms with van der Waals surface area (Å²) < 4.78 is 4.39. The summed E-state index contributed by atoms with van der Waals surface area (Å²) in [6.07, 6.45) is -3.00. The van der Waals surface area contributed by atoms with Gasteiger partial charge < -0.3 is 40.6 Å². The van der Waals surface area contributed by atoms with E-state index in [1.165, 1.54) is 9.13 Å². The lowest BCUT2D eigenvalue weighted by Gasteiger charge is -2.31. The number of aliphatic hydroxyl groups is 2. The fourth-order valence-corrected chi connectivity index (χ4v) is 5.01. The summed E-state index contributed by atoms with van der Waals surface area (Å²) in [7, 11) is 1.63. The second-order valence-electron chi connectivity index (χ2n) is 10.4. The van der Waals surface area contributed by atoms with Crippen LogP contribution in [0.5, 0.6) is 0 Å². The predicted octanol–water partition coefficient (Wildman–Crippen LogP) is -3.64. The number of imidazole rings is 1. The molecule has 0 saturated carbocycles. The predicted molar refractivity (Wildman–Crippen MR) is 158 cm³/mol. The molecule has 5 rings (SSSR count). The van der Waals surface area contributed by atoms with Crippen molar-refractivity contribution in [3.05, 3.63) is 56.6 Å². The molecule has 1 aliphatic heterocycles. The number of piperidine rings is 1. The molecular weight excluding hydrogens is 588 g/mol. The number of hydrogen-bond acceptors (Lipinski definition) is 13. The summed E-state index contributed by atoms with van der Waals surface area (Å²) in [4.78, 5) is 62.3. The molecule has 238 valence electrons. The number of aryl methyl sites for hydroxylation is 2. The van der Waals surface area contributed by atoms with Gasteiger partial charge in [0.25, 0.3) is 5.56 Å². The van der Waals surface area contributed by atoms with Crippen LogP contribution in [0.2, 0.25) is 0 Å². The second-order valence-corrected chi connectivity index (χ2v) is 10.4. The zero-order valence-corrected chi connectivity index (χ0v) is 24.8. The number of aromatic nitrogens is 6. The number of aliphatic carboxylic acids is 2. The van der Waals surface area contributed by atoms with Gasteiger partial charge in [-0.3, -0.25) is 18.5 Å². The zero-order valence-electron chi connectivity index (χ0n) is 24.8. The number of rotatable bonds is 7. The molecule has 3 aromatic heterocycles. The highest BCUT2D eigenvalue weighted by Gasteiger charge is 2.26. The largest absolute Gasteiger partial charge is 0.547 e. The Balaban J connectivity index is 0.000000399. The van der Waals surface area contributed by atoms with Crippen LogP contribution in [0, 0.1) is 18.8 Å². The highest BCUT2D eigenvalue weighted by Crippen LogP contribution is 2.23. The Labute approximate surface area is 256 Å². The molecule has 1 aromatic carbocycles. The van der Waals surface area contributed by atoms with E-state index in [-0.39, 0.29) is 19.1 Å². The lowest BCUT2D eigenvalue weighted by atomic mass is 10.1. The molecule has 45 heavy (non-hydrogen) atoms. The van der Waals surface area contributed by atoms with Gasteiger partial charge in [0, 0.05) is 37.3 Å². The molecule has 0 bridgehead atoms. The quantitative estimate of drug-likeness (QED) is 0.169. The number of carbonyl (C=O) groups is 2. The molecule has 4 heterocycles. The van der Waals surface area contributed by atoms with Gasteiger partial charge in [-0.2, -0.15) is 4.98 Å². The highest BCUT2D eigenvalue weighted by atomic mass is 16.4. The minimum Gasteiger partial charge on any atom is -0.547 e. The zero-order chi connectivity index (χ0) is 33.0. The maximum absolute atomic E-state index is 13.7. The van der Waals surface area contributed by atoms with E-state index in [2.05, 4.69) is 26.7 Å². The first-order valence-electron chi connectivity index (χ1n) is 14.0. The molecule has 4 N–H and O–H groups in total. The minimum atomic E-state index is -2.44. The summed E-state index contributed by atoms with van der Waals surface area (Å²) in [6, 6.07) is 7.71. The Hall–Kier alpha value is -5.11. The van der Waals surface area contributed by atoms with Crippen LogP contribution in [0.15, 0.2) is 33.9 Å². The van der Waals surface area contributed by atoms with Gasteiger partial charge in [0.15, 0.2) is 11.2 Å². The van der Waals surface area contributed by atoms with E-state index in [1.54, 1.807) is 18.5 Å². The highest BCUT2D eigenvalue weighted by molar-refractivity contribution is 5.81. The van der Waals surface area contributed by atoms with Crippen molar-refractivity contribution in [3.63, 3.8) is 0 Å². The Morgan fingerprint density at radius 1 is 1.09 bits per heavy atom. The number of hydrogen-bond donors (Lipinski definition) is 3. The normalized spacial score (nSPS) is 16.0. The lowest BCUT2D eigenvalue weighted by Crippen LogP contribution is -2.51. The van der Waals surface area contributed by atoms with Crippen molar-refractivity contribution >= 4 is 40.0 Å². The smallest absolute Gasteiger partial charge is 0.332 e. The molecule has 1 aliphatic rings. The molecule has 1 saturated heterocycles. The number of para-hydroxylation sites is 1. The number of nitrogens with zero attached hydrogens (tertiary/aromatic N) is 7. The van der Waals surface area contributed by atoms with E-state index < -0.39 is 35.4 Å². The Morgan fingerprint density at radius 3 is 2.38 bits per heavy atom. The van der Waals surface area contributed by atoms with Crippen LogP contribution in [-0.2, 0) is 29.7 Å². The average Bonchev–Trinajstić information content (AvgIpc) is 3.40. The van der Waals surface area contributed by atoms with Gasteiger partial charge in [0.2, 0.25) is 5.95 Å². The second kappa shape index (κ2) is 13.7. The molecule has 0 aliphatic carbocycles. The van der Waals surface area contributed by atoms with E-state index in [9.17, 15) is 29.4 Å². The average molecular weight is 621 g/mol. The number of carboxylic acid groups (broad SMARTS) is 2. The van der Waals surface area contributed by atoms with E-state index >= 15 is 0 Å². The van der Waals surface area contributed by atoms with Crippen molar-refractivity contribution < 1.29 is 30.0 Å². The summed E-state index contributed by atoms with van der Waals surface area (Å²) >= 11 is 0. The third kappa shape index (κ3) is 6.85. The number of carbonyl (C=O) groups excluding carboxylic acids is 2. The van der Waals surface area contributed by atoms with Crippen LogP contribution in [0.25, 0.3) is 22.1 Å². The van der Waals surface area contributed by atoms with Crippen molar-refractivity contribution in [2.24, 2.45) is 12.8 Å². The van der Waals surface area contributed by atoms with Crippen LogP contribution in [-0.4, -0.2) is 82.1 Å². The van der Waals surface area contributed by atoms with Crippen molar-refractivity contribution in [3.8, 4) is 11.8 Å². The maximum Gasteiger partial charge on any atom is 0.332 e. The monoisotopic (exact) mass is 620 g/mol. The SMILES string of the molecule is CC#CCn1c(N2CCC[C@@H](N)C2)nc2c1c(=O)n(Cc1nc(C)c3ccccc3n1)c(=O)n2C.O=C([O-])[C@@H](O)[C@H](O)C(=O)[O-]. The topological polar surface area (TPSA) is 238 Å². The van der Waals surface area contributed by atoms with E-state index in [1.807, 2.05) is 31.2 Å². The van der Waals surface area contributed by atoms with Crippen LogP contribution >= 0.6 is 0 Å². The third-order valence-electron chi connectivity index (χ3n) is 7.29. The molecule has 0 amide bonds. The molecule has 4 aromatic rings. The van der Waals surface area contributed by atoms with E-state index in [0.717, 1.165) is 36.0 Å². The van der Waals surface area contributed by atoms with Gasteiger partial charge in [0.05, 0.1) is 30.5 Å². The summed E-state index contributed by atoms with van der Waals surface area (Å²) in [5, 5.41) is 36.7. The minimum absolute atomic E-state index is 0.0306. The van der Waals surface area contributed by atoms with Gasteiger partial charge in [0.1, 0.15) is 18.0 Å². The van der Waals surface area contributed by atoms with Gasteiger partial charge in [-0.05, 0) is 32.8 Å². The van der Waals surface area contributed by atoms with Crippen molar-refractivity contribution in [1.82, 2.24) is 28.7 Å². The van der Waals surface area contributed by atoms with Crippen LogP contribution in [0.1, 0.15) is 31.3 Å². The fraction of sp³-hybridized carbons (Fsp3) is 0.414. The molecule has 1 fully saturated rings. The van der Waals surface area contributed by atoms with Gasteiger partial charge >= 0.3 is 5.69 Å². The number of aliphatic hydroxyl groups excluding tert-OH is 2. The Bertz CT molecular complexity index is 1920. The fourth-order valence-electron chi connectivity index (χ4n) is 5.01. The van der Waals surface area contributed by atoms with Crippen LogP contribution in [0.3, 0.4) is 0 Å². The molecule has 3 atom stereocenters. The van der Waals surface area contributed by atoms with Crippen molar-refractivity contribution in [2.45, 2.75) is 58.0 Å². The molecular formula is C29H32N8O8-2. The standard InChI is InChI=1S/C25H28N8O2.C4H6O6/c1-4-5-13-32-21-22(29-24(32)31-12-8-9-17(26)14-31)30(3)25(35)33(23(21)34)15-20-27-16(2)18-10-6-7-11-19(18)28-20;5-1(3(7)8)2(6)4(9)10/h6-7,10-11,17H,8-9,12-15,26H2,1-3H3;1-2,5-6H,(H,7,8)(H,9,10)/p-2/t17-;1-,2-/m10/s1. The molecule has 0 spiro atoms. The summed E-state index contributed by atoms with van der Waals surface area (Å²) in [5.74, 6) is 2.84. The first-order chi connectivity index (χ1) is 21.3. The lowest BCUT2D eigenvalue weighted by molar-refractivity contribution is -0.333. The maximum atomic E-state index is 13.7. The van der Waals surface area contributed by atoms with E-state index in [0.29, 0.717) is 29.5 Å². The molecule has 0 unspecified atom stereocenters. The molecule has 0 radical (unpaired) electrons. The number of nitrogens with two attached hydrogens (primary N) is 1. The molecule has 16 heteroatoms. The first kappa shape index (κ1) is 32.8. The van der Waals surface area contributed by atoms with Gasteiger partial charge in [-0.25, -0.2) is 14.8 Å². The number of anilines is 1. The summed E-state index contributed by atoms with van der Waals surface area (Å²) in [5.41, 5.74) is 7.54. The van der Waals surface area contributed by atoms with Crippen molar-refractivity contribution in [2.75, 3.05) is 18.0 Å². The first-order valence-corrected chi connectivity index (χ1v) is 14.0. The van der Waals surface area contributed by atoms with E-state index in [4.69, 9.17) is 20.9 Å². The third-order valence-corrected chi connectivity index (χ3v) is 7.29. The number of fused-ring (bicyclic) bond motifs is 2. The van der Waals surface area contributed by atoms with Crippen molar-refractivity contribution in [1.29, 1.82) is 0 Å². The van der Waals surface area contributed by atoms with Gasteiger partial charge in [-0.1, -0.05) is 24.1 Å².